The molecule has 0 aliphatic rings. The van der Waals surface area contributed by atoms with Crippen molar-refractivity contribution < 1.29 is 19.1 Å². The Morgan fingerprint density at radius 2 is 1.31 bits per heavy atom. The maximum atomic E-state index is 12.4. The smallest absolute Gasteiger partial charge is 0.426 e. The van der Waals surface area contributed by atoms with Crippen LogP contribution in [0.3, 0.4) is 0 Å². The summed E-state index contributed by atoms with van der Waals surface area (Å²) >= 11 is 1.15. The molecule has 0 fully saturated rings. The van der Waals surface area contributed by atoms with E-state index in [1.807, 2.05) is 60.7 Å². The summed E-state index contributed by atoms with van der Waals surface area (Å²) < 4.78 is 10.5. The summed E-state index contributed by atoms with van der Waals surface area (Å²) in [4.78, 5) is 29.6. The van der Waals surface area contributed by atoms with Gasteiger partial charge < -0.3 is 9.47 Å². The van der Waals surface area contributed by atoms with Gasteiger partial charge in [-0.1, -0.05) is 72.4 Å². The summed E-state index contributed by atoms with van der Waals surface area (Å²) in [6.07, 6.45) is 0.0494. The first-order valence-corrected chi connectivity index (χ1v) is 9.10. The average molecular weight is 372 g/mol. The molecule has 0 spiro atoms. The zero-order chi connectivity index (χ0) is 18.8. The summed E-state index contributed by atoms with van der Waals surface area (Å²) in [5.41, 5.74) is 1.63. The van der Waals surface area contributed by atoms with Gasteiger partial charge in [-0.2, -0.15) is 4.90 Å². The van der Waals surface area contributed by atoms with Gasteiger partial charge in [0, 0.05) is 7.05 Å². The quantitative estimate of drug-likeness (QED) is 0.591. The van der Waals surface area contributed by atoms with Gasteiger partial charge in [-0.05, 0) is 17.4 Å². The number of ether oxygens (including phenoxy) is 2. The van der Waals surface area contributed by atoms with E-state index in [0.29, 0.717) is 0 Å². The van der Waals surface area contributed by atoms with Crippen molar-refractivity contribution in [3.63, 3.8) is 0 Å². The third kappa shape index (κ3) is 5.63. The first-order valence-electron chi connectivity index (χ1n) is 7.88. The van der Waals surface area contributed by atoms with Gasteiger partial charge in [-0.15, -0.1) is 0 Å². The van der Waals surface area contributed by atoms with Crippen molar-refractivity contribution in [2.24, 2.45) is 4.99 Å². The summed E-state index contributed by atoms with van der Waals surface area (Å²) in [7, 11) is 1.49. The Morgan fingerprint density at radius 3 is 1.65 bits per heavy atom. The van der Waals surface area contributed by atoms with E-state index in [2.05, 4.69) is 4.99 Å². The first kappa shape index (κ1) is 19.5. The zero-order valence-corrected chi connectivity index (χ0v) is 15.4. The van der Waals surface area contributed by atoms with E-state index < -0.39 is 12.2 Å². The van der Waals surface area contributed by atoms with E-state index in [9.17, 15) is 9.59 Å². The van der Waals surface area contributed by atoms with Gasteiger partial charge in [-0.3, -0.25) is 4.99 Å². The van der Waals surface area contributed by atoms with E-state index in [1.165, 1.54) is 7.05 Å². The molecule has 7 heteroatoms. The molecule has 2 amide bonds. The first-order chi connectivity index (χ1) is 12.7. The van der Waals surface area contributed by atoms with Gasteiger partial charge in [0.15, 0.2) is 5.17 Å². The number of carbonyl (C=O) groups is 2. The Bertz CT molecular complexity index is 695. The van der Waals surface area contributed by atoms with Crippen molar-refractivity contribution in [1.29, 1.82) is 0 Å². The largest absolute Gasteiger partial charge is 0.444 e. The topological polar surface area (TPSA) is 68.2 Å². The van der Waals surface area contributed by atoms with Crippen molar-refractivity contribution >= 4 is 29.1 Å². The standard InChI is InChI=1S/C19H20N2O4S/c1-20-17(26-2)21(18(22)24-13-15-9-5-3-6-10-15)19(23)25-14-16-11-7-4-8-12-16/h3-12H,13-14H2,1-2H3. The molecule has 26 heavy (non-hydrogen) atoms. The van der Waals surface area contributed by atoms with Gasteiger partial charge in [0.05, 0.1) is 0 Å². The molecule has 0 saturated heterocycles. The number of rotatable bonds is 4. The minimum atomic E-state index is -0.832. The summed E-state index contributed by atoms with van der Waals surface area (Å²) in [6.45, 7) is 0.0982. The number of carbonyl (C=O) groups excluding carboxylic acids is 2. The third-order valence-corrected chi connectivity index (χ3v) is 4.07. The van der Waals surface area contributed by atoms with Crippen molar-refractivity contribution in [2.75, 3.05) is 13.3 Å². The lowest BCUT2D eigenvalue weighted by atomic mass is 10.2. The fourth-order valence-electron chi connectivity index (χ4n) is 2.08. The van der Waals surface area contributed by atoms with Gasteiger partial charge in [0.1, 0.15) is 13.2 Å². The second-order valence-corrected chi connectivity index (χ2v) is 5.90. The maximum Gasteiger partial charge on any atom is 0.426 e. The van der Waals surface area contributed by atoms with E-state index >= 15 is 0 Å². The molecule has 0 aliphatic carbocycles. The Labute approximate surface area is 156 Å². The molecule has 0 radical (unpaired) electrons. The molecule has 0 unspecified atom stereocenters. The van der Waals surface area contributed by atoms with E-state index in [-0.39, 0.29) is 18.4 Å². The Morgan fingerprint density at radius 1 is 0.885 bits per heavy atom. The SMILES string of the molecule is CN=C(SC)N(C(=O)OCc1ccccc1)C(=O)OCc1ccccc1. The number of amidine groups is 1. The van der Waals surface area contributed by atoms with Crippen LogP contribution in [0.25, 0.3) is 0 Å². The molecule has 0 aromatic heterocycles. The fraction of sp³-hybridized carbons (Fsp3) is 0.211. The lowest BCUT2D eigenvalue weighted by molar-refractivity contribution is 0.0899. The number of thioether (sulfide) groups is 1. The summed E-state index contributed by atoms with van der Waals surface area (Å²) in [5, 5.41) is 0.195. The summed E-state index contributed by atoms with van der Waals surface area (Å²) in [5.74, 6) is 0. The van der Waals surface area contributed by atoms with Gasteiger partial charge in [0.2, 0.25) is 0 Å². The van der Waals surface area contributed by atoms with Crippen LogP contribution < -0.4 is 0 Å². The van der Waals surface area contributed by atoms with Crippen LogP contribution in [0, 0.1) is 0 Å². The van der Waals surface area contributed by atoms with E-state index in [4.69, 9.17) is 9.47 Å². The van der Waals surface area contributed by atoms with Crippen LogP contribution in [0.1, 0.15) is 11.1 Å². The molecular formula is C19H20N2O4S. The van der Waals surface area contributed by atoms with Crippen LogP contribution in [-0.2, 0) is 22.7 Å². The molecule has 2 rings (SSSR count). The molecule has 6 nitrogen and oxygen atoms in total. The highest BCUT2D eigenvalue weighted by Gasteiger charge is 2.29. The van der Waals surface area contributed by atoms with Crippen LogP contribution in [0.2, 0.25) is 0 Å². The van der Waals surface area contributed by atoms with Crippen LogP contribution in [-0.4, -0.2) is 35.6 Å². The van der Waals surface area contributed by atoms with E-state index in [0.717, 1.165) is 27.8 Å². The molecule has 136 valence electrons. The van der Waals surface area contributed by atoms with E-state index in [1.54, 1.807) is 6.26 Å². The van der Waals surface area contributed by atoms with Gasteiger partial charge >= 0.3 is 12.2 Å². The van der Waals surface area contributed by atoms with Crippen molar-refractivity contribution in [1.82, 2.24) is 4.90 Å². The number of imide groups is 1. The Kier molecular flexibility index (Phi) is 7.70. The Hall–Kier alpha value is -2.80. The van der Waals surface area contributed by atoms with Crippen LogP contribution in [0.4, 0.5) is 9.59 Å². The van der Waals surface area contributed by atoms with Crippen molar-refractivity contribution in [3.8, 4) is 0 Å². The molecule has 0 aliphatic heterocycles. The number of amides is 2. The zero-order valence-electron chi connectivity index (χ0n) is 14.6. The normalized spacial score (nSPS) is 10.9. The van der Waals surface area contributed by atoms with Gasteiger partial charge in [0.25, 0.3) is 0 Å². The fourth-order valence-corrected chi connectivity index (χ4v) is 2.60. The van der Waals surface area contributed by atoms with Crippen LogP contribution >= 0.6 is 11.8 Å². The third-order valence-electron chi connectivity index (χ3n) is 3.34. The number of hydrogen-bond acceptors (Lipinski definition) is 6. The molecule has 0 bridgehead atoms. The maximum absolute atomic E-state index is 12.4. The highest BCUT2D eigenvalue weighted by molar-refractivity contribution is 8.13. The molecule has 0 atom stereocenters. The highest BCUT2D eigenvalue weighted by Crippen LogP contribution is 2.12. The summed E-state index contributed by atoms with van der Waals surface area (Å²) in [6, 6.07) is 18.4. The predicted octanol–water partition coefficient (Wildman–Crippen LogP) is 4.31. The number of nitrogens with zero attached hydrogens (tertiary/aromatic N) is 2. The minimum Gasteiger partial charge on any atom is -0.444 e. The average Bonchev–Trinajstić information content (AvgIpc) is 2.70. The molecular weight excluding hydrogens is 352 g/mol. The second kappa shape index (κ2) is 10.2. The minimum absolute atomic E-state index is 0.0491. The number of aliphatic imine (C=N–C) groups is 1. The van der Waals surface area contributed by atoms with Crippen molar-refractivity contribution in [3.05, 3.63) is 71.8 Å². The Balaban J connectivity index is 2.04. The monoisotopic (exact) mass is 372 g/mol. The van der Waals surface area contributed by atoms with Crippen molar-refractivity contribution in [2.45, 2.75) is 13.2 Å². The number of hydrogen-bond donors (Lipinski definition) is 0. The highest BCUT2D eigenvalue weighted by atomic mass is 32.2. The van der Waals surface area contributed by atoms with Gasteiger partial charge in [-0.25, -0.2) is 9.59 Å². The van der Waals surface area contributed by atoms with Crippen LogP contribution in [0.15, 0.2) is 65.7 Å². The predicted molar refractivity (Wildman–Crippen MR) is 102 cm³/mol. The molecule has 2 aromatic carbocycles. The lowest BCUT2D eigenvalue weighted by Crippen LogP contribution is -2.41. The second-order valence-electron chi connectivity index (χ2n) is 5.13. The molecule has 0 N–H and O–H groups in total. The molecule has 0 heterocycles. The van der Waals surface area contributed by atoms with Crippen LogP contribution in [0.5, 0.6) is 0 Å². The number of benzene rings is 2. The molecule has 0 saturated carbocycles. The lowest BCUT2D eigenvalue weighted by Gasteiger charge is -2.20. The molecule has 2 aromatic rings.